The number of oxime groups is 1. The molecule has 17 heavy (non-hydrogen) atoms. The van der Waals surface area contributed by atoms with E-state index < -0.39 is 15.8 Å². The monoisotopic (exact) mass is 264 g/mol. The van der Waals surface area contributed by atoms with Crippen LogP contribution < -0.4 is 4.72 Å². The standard InChI is InChI=1S/C9H10F2N2O3S/c1-6(12-14)7-3-2-4-8(5-7)13-17(15,16)9(10)11/h2-5,9,13-14H,1H3/b12-6+. The minimum absolute atomic E-state index is 0.0224. The molecule has 0 aliphatic heterocycles. The molecule has 0 atom stereocenters. The lowest BCUT2D eigenvalue weighted by Gasteiger charge is -2.08. The summed E-state index contributed by atoms with van der Waals surface area (Å²) in [6, 6.07) is 5.60. The summed E-state index contributed by atoms with van der Waals surface area (Å²) in [6.45, 7) is 1.49. The molecule has 0 saturated heterocycles. The Morgan fingerprint density at radius 1 is 1.47 bits per heavy atom. The van der Waals surface area contributed by atoms with E-state index in [-0.39, 0.29) is 11.4 Å². The molecule has 0 radical (unpaired) electrons. The van der Waals surface area contributed by atoms with Crippen molar-refractivity contribution in [2.75, 3.05) is 4.72 Å². The Bertz CT molecular complexity index is 529. The van der Waals surface area contributed by atoms with Crippen LogP contribution in [-0.4, -0.2) is 25.1 Å². The average Bonchev–Trinajstić information content (AvgIpc) is 2.27. The molecule has 0 saturated carbocycles. The third-order valence-corrected chi connectivity index (χ3v) is 2.91. The van der Waals surface area contributed by atoms with Gasteiger partial charge in [-0.15, -0.1) is 0 Å². The number of benzene rings is 1. The maximum Gasteiger partial charge on any atom is 0.355 e. The first-order chi connectivity index (χ1) is 7.86. The van der Waals surface area contributed by atoms with Crippen LogP contribution in [0.4, 0.5) is 14.5 Å². The maximum atomic E-state index is 12.1. The molecular weight excluding hydrogens is 254 g/mol. The van der Waals surface area contributed by atoms with Crippen LogP contribution in [0.15, 0.2) is 29.4 Å². The van der Waals surface area contributed by atoms with Crippen LogP contribution in [-0.2, 0) is 10.0 Å². The summed E-state index contributed by atoms with van der Waals surface area (Å²) in [4.78, 5) is 0. The first-order valence-corrected chi connectivity index (χ1v) is 6.00. The molecule has 0 heterocycles. The Labute approximate surface area is 96.8 Å². The number of sulfonamides is 1. The van der Waals surface area contributed by atoms with E-state index in [9.17, 15) is 17.2 Å². The molecule has 0 amide bonds. The molecule has 0 aliphatic rings. The third-order valence-electron chi connectivity index (χ3n) is 1.93. The molecular formula is C9H10F2N2O3S. The topological polar surface area (TPSA) is 78.8 Å². The lowest BCUT2D eigenvalue weighted by atomic mass is 10.1. The number of nitrogens with zero attached hydrogens (tertiary/aromatic N) is 1. The second-order valence-corrected chi connectivity index (χ2v) is 4.82. The fourth-order valence-electron chi connectivity index (χ4n) is 1.07. The van der Waals surface area contributed by atoms with Crippen LogP contribution >= 0.6 is 0 Å². The van der Waals surface area contributed by atoms with Gasteiger partial charge in [0.2, 0.25) is 0 Å². The first kappa shape index (κ1) is 13.4. The van der Waals surface area contributed by atoms with Crippen molar-refractivity contribution in [1.29, 1.82) is 0 Å². The SMILES string of the molecule is C/C(=N\O)c1cccc(NS(=O)(=O)C(F)F)c1. The van der Waals surface area contributed by atoms with Crippen LogP contribution in [0.1, 0.15) is 12.5 Å². The van der Waals surface area contributed by atoms with Gasteiger partial charge in [-0.1, -0.05) is 17.3 Å². The van der Waals surface area contributed by atoms with Crippen molar-refractivity contribution in [3.8, 4) is 0 Å². The van der Waals surface area contributed by atoms with Crippen LogP contribution in [0.2, 0.25) is 0 Å². The van der Waals surface area contributed by atoms with Gasteiger partial charge >= 0.3 is 5.76 Å². The molecule has 0 aliphatic carbocycles. The fourth-order valence-corrected chi connectivity index (χ4v) is 1.62. The molecule has 0 fully saturated rings. The largest absolute Gasteiger partial charge is 0.411 e. The van der Waals surface area contributed by atoms with Crippen molar-refractivity contribution >= 4 is 21.4 Å². The molecule has 0 aromatic heterocycles. The van der Waals surface area contributed by atoms with Crippen LogP contribution in [0.3, 0.4) is 0 Å². The zero-order chi connectivity index (χ0) is 13.1. The van der Waals surface area contributed by atoms with E-state index in [1.54, 1.807) is 10.8 Å². The highest BCUT2D eigenvalue weighted by Crippen LogP contribution is 2.15. The van der Waals surface area contributed by atoms with Crippen LogP contribution in [0.25, 0.3) is 0 Å². The summed E-state index contributed by atoms with van der Waals surface area (Å²) in [7, 11) is -4.69. The highest BCUT2D eigenvalue weighted by atomic mass is 32.2. The number of anilines is 1. The minimum atomic E-state index is -4.69. The van der Waals surface area contributed by atoms with Gasteiger partial charge in [-0.05, 0) is 19.1 Å². The van der Waals surface area contributed by atoms with Crippen molar-refractivity contribution < 1.29 is 22.4 Å². The molecule has 8 heteroatoms. The van der Waals surface area contributed by atoms with Crippen molar-refractivity contribution in [2.45, 2.75) is 12.7 Å². The lowest BCUT2D eigenvalue weighted by Crippen LogP contribution is -2.20. The van der Waals surface area contributed by atoms with Gasteiger partial charge in [0.05, 0.1) is 5.71 Å². The second-order valence-electron chi connectivity index (χ2n) is 3.17. The van der Waals surface area contributed by atoms with E-state index in [1.807, 2.05) is 0 Å². The normalized spacial score (nSPS) is 12.8. The Morgan fingerprint density at radius 3 is 2.65 bits per heavy atom. The predicted molar refractivity (Wildman–Crippen MR) is 59.0 cm³/mol. The molecule has 94 valence electrons. The van der Waals surface area contributed by atoms with E-state index >= 15 is 0 Å². The summed E-state index contributed by atoms with van der Waals surface area (Å²) < 4.78 is 47.8. The number of nitrogens with one attached hydrogen (secondary N) is 1. The van der Waals surface area contributed by atoms with Gasteiger partial charge in [0.15, 0.2) is 0 Å². The van der Waals surface area contributed by atoms with E-state index in [1.165, 1.54) is 25.1 Å². The summed E-state index contributed by atoms with van der Waals surface area (Å²) >= 11 is 0. The van der Waals surface area contributed by atoms with E-state index in [4.69, 9.17) is 5.21 Å². The molecule has 1 aromatic rings. The lowest BCUT2D eigenvalue weighted by molar-refractivity contribution is 0.236. The van der Waals surface area contributed by atoms with Gasteiger partial charge in [-0.2, -0.15) is 8.78 Å². The van der Waals surface area contributed by atoms with Gasteiger partial charge < -0.3 is 5.21 Å². The molecule has 0 unspecified atom stereocenters. The van der Waals surface area contributed by atoms with E-state index in [2.05, 4.69) is 5.16 Å². The van der Waals surface area contributed by atoms with Crippen LogP contribution in [0.5, 0.6) is 0 Å². The molecule has 5 nitrogen and oxygen atoms in total. The average molecular weight is 264 g/mol. The molecule has 0 spiro atoms. The first-order valence-electron chi connectivity index (χ1n) is 4.45. The Kier molecular flexibility index (Phi) is 4.00. The maximum absolute atomic E-state index is 12.1. The third kappa shape index (κ3) is 3.38. The fraction of sp³-hybridized carbons (Fsp3) is 0.222. The zero-order valence-corrected chi connectivity index (χ0v) is 9.58. The Balaban J connectivity index is 3.02. The minimum Gasteiger partial charge on any atom is -0.411 e. The van der Waals surface area contributed by atoms with Gasteiger partial charge in [0.1, 0.15) is 0 Å². The number of halogens is 2. The van der Waals surface area contributed by atoms with Gasteiger partial charge in [-0.3, -0.25) is 4.72 Å². The number of alkyl halides is 2. The molecule has 0 bridgehead atoms. The van der Waals surface area contributed by atoms with Gasteiger partial charge in [0.25, 0.3) is 10.0 Å². The summed E-state index contributed by atoms with van der Waals surface area (Å²) in [5.41, 5.74) is 0.635. The van der Waals surface area contributed by atoms with Crippen molar-refractivity contribution in [3.05, 3.63) is 29.8 Å². The van der Waals surface area contributed by atoms with E-state index in [0.29, 0.717) is 5.56 Å². The summed E-state index contributed by atoms with van der Waals surface area (Å²) in [6.07, 6.45) is 0. The van der Waals surface area contributed by atoms with Crippen molar-refractivity contribution in [2.24, 2.45) is 5.16 Å². The summed E-state index contributed by atoms with van der Waals surface area (Å²) in [5.74, 6) is -3.50. The van der Waals surface area contributed by atoms with Gasteiger partial charge in [-0.25, -0.2) is 8.42 Å². The van der Waals surface area contributed by atoms with Crippen molar-refractivity contribution in [1.82, 2.24) is 0 Å². The zero-order valence-electron chi connectivity index (χ0n) is 8.76. The van der Waals surface area contributed by atoms with Gasteiger partial charge in [0, 0.05) is 11.3 Å². The van der Waals surface area contributed by atoms with E-state index in [0.717, 1.165) is 0 Å². The summed E-state index contributed by atoms with van der Waals surface area (Å²) in [5, 5.41) is 11.5. The molecule has 2 N–H and O–H groups in total. The number of rotatable bonds is 4. The number of hydrogen-bond donors (Lipinski definition) is 2. The Hall–Kier alpha value is -1.70. The highest BCUT2D eigenvalue weighted by molar-refractivity contribution is 7.93. The second kappa shape index (κ2) is 5.09. The Morgan fingerprint density at radius 2 is 2.12 bits per heavy atom. The quantitative estimate of drug-likeness (QED) is 0.495. The highest BCUT2D eigenvalue weighted by Gasteiger charge is 2.23. The predicted octanol–water partition coefficient (Wildman–Crippen LogP) is 1.85. The smallest absolute Gasteiger partial charge is 0.355 e. The number of hydrogen-bond acceptors (Lipinski definition) is 4. The molecule has 1 rings (SSSR count). The van der Waals surface area contributed by atoms with Crippen molar-refractivity contribution in [3.63, 3.8) is 0 Å². The van der Waals surface area contributed by atoms with Crippen LogP contribution in [0, 0.1) is 0 Å². The molecule has 1 aromatic carbocycles.